The van der Waals surface area contributed by atoms with E-state index in [-0.39, 0.29) is 5.41 Å². The SMILES string of the molecule is Cc1ccc(Cl)c(NCCCC(C)(C)C#N)c1. The van der Waals surface area contributed by atoms with Crippen LogP contribution in [-0.2, 0) is 0 Å². The first kappa shape index (κ1) is 13.9. The molecule has 0 heterocycles. The molecule has 0 atom stereocenters. The fourth-order valence-corrected chi connectivity index (χ4v) is 1.77. The Hall–Kier alpha value is -1.20. The molecule has 0 aliphatic rings. The Labute approximate surface area is 109 Å². The molecule has 0 aliphatic heterocycles. The summed E-state index contributed by atoms with van der Waals surface area (Å²) in [5.74, 6) is 0. The van der Waals surface area contributed by atoms with E-state index in [2.05, 4.69) is 11.4 Å². The second kappa shape index (κ2) is 5.93. The average molecular weight is 251 g/mol. The Morgan fingerprint density at radius 2 is 2.12 bits per heavy atom. The quantitative estimate of drug-likeness (QED) is 0.787. The molecule has 0 saturated heterocycles. The molecule has 0 bridgehead atoms. The highest BCUT2D eigenvalue weighted by molar-refractivity contribution is 6.33. The van der Waals surface area contributed by atoms with E-state index >= 15 is 0 Å². The monoisotopic (exact) mass is 250 g/mol. The number of anilines is 1. The van der Waals surface area contributed by atoms with Crippen LogP contribution in [0.25, 0.3) is 0 Å². The van der Waals surface area contributed by atoms with Crippen molar-refractivity contribution in [3.63, 3.8) is 0 Å². The molecule has 0 fully saturated rings. The molecule has 1 rings (SSSR count). The van der Waals surface area contributed by atoms with E-state index in [0.717, 1.165) is 30.1 Å². The lowest BCUT2D eigenvalue weighted by Gasteiger charge is -2.15. The molecule has 0 saturated carbocycles. The number of nitrogens with zero attached hydrogens (tertiary/aromatic N) is 1. The van der Waals surface area contributed by atoms with Crippen LogP contribution < -0.4 is 5.32 Å². The molecule has 3 heteroatoms. The zero-order valence-electron chi connectivity index (χ0n) is 10.7. The highest BCUT2D eigenvalue weighted by Gasteiger charge is 2.15. The van der Waals surface area contributed by atoms with Crippen LogP contribution in [0.3, 0.4) is 0 Å². The fraction of sp³-hybridized carbons (Fsp3) is 0.500. The van der Waals surface area contributed by atoms with Crippen LogP contribution in [0.4, 0.5) is 5.69 Å². The van der Waals surface area contributed by atoms with Gasteiger partial charge in [-0.1, -0.05) is 17.7 Å². The highest BCUT2D eigenvalue weighted by Crippen LogP contribution is 2.24. The molecule has 1 N–H and O–H groups in total. The van der Waals surface area contributed by atoms with Gasteiger partial charge < -0.3 is 5.32 Å². The Morgan fingerprint density at radius 3 is 2.76 bits per heavy atom. The van der Waals surface area contributed by atoms with Gasteiger partial charge in [-0.2, -0.15) is 5.26 Å². The maximum Gasteiger partial charge on any atom is 0.0683 e. The minimum absolute atomic E-state index is 0.238. The Balaban J connectivity index is 2.42. The van der Waals surface area contributed by atoms with Crippen LogP contribution in [0.5, 0.6) is 0 Å². The maximum atomic E-state index is 8.90. The first-order valence-electron chi connectivity index (χ1n) is 5.86. The van der Waals surface area contributed by atoms with E-state index < -0.39 is 0 Å². The summed E-state index contributed by atoms with van der Waals surface area (Å²) in [5.41, 5.74) is 1.92. The fourth-order valence-electron chi connectivity index (χ4n) is 1.58. The van der Waals surface area contributed by atoms with Gasteiger partial charge in [0.05, 0.1) is 22.2 Å². The molecule has 0 amide bonds. The smallest absolute Gasteiger partial charge is 0.0683 e. The predicted octanol–water partition coefficient (Wildman–Crippen LogP) is 4.39. The second-order valence-electron chi connectivity index (χ2n) is 5.01. The number of nitrogens with one attached hydrogen (secondary N) is 1. The summed E-state index contributed by atoms with van der Waals surface area (Å²) >= 11 is 6.08. The number of aryl methyl sites for hydroxylation is 1. The van der Waals surface area contributed by atoms with E-state index in [9.17, 15) is 0 Å². The van der Waals surface area contributed by atoms with Gasteiger partial charge in [-0.05, 0) is 51.3 Å². The van der Waals surface area contributed by atoms with Crippen molar-refractivity contribution in [2.24, 2.45) is 5.41 Å². The first-order chi connectivity index (χ1) is 7.94. The molecule has 0 aliphatic carbocycles. The minimum Gasteiger partial charge on any atom is -0.384 e. The molecule has 17 heavy (non-hydrogen) atoms. The predicted molar refractivity (Wildman–Crippen MR) is 73.3 cm³/mol. The van der Waals surface area contributed by atoms with Crippen molar-refractivity contribution in [3.8, 4) is 6.07 Å². The summed E-state index contributed by atoms with van der Waals surface area (Å²) in [6.07, 6.45) is 1.85. The molecular weight excluding hydrogens is 232 g/mol. The normalized spacial score (nSPS) is 11.0. The summed E-state index contributed by atoms with van der Waals surface area (Å²) in [4.78, 5) is 0. The summed E-state index contributed by atoms with van der Waals surface area (Å²) < 4.78 is 0. The van der Waals surface area contributed by atoms with Crippen molar-refractivity contribution in [1.29, 1.82) is 5.26 Å². The van der Waals surface area contributed by atoms with Gasteiger partial charge in [0.25, 0.3) is 0 Å². The zero-order valence-corrected chi connectivity index (χ0v) is 11.4. The van der Waals surface area contributed by atoms with Gasteiger partial charge in [-0.15, -0.1) is 0 Å². The Morgan fingerprint density at radius 1 is 1.41 bits per heavy atom. The van der Waals surface area contributed by atoms with Crippen LogP contribution in [0.2, 0.25) is 5.02 Å². The van der Waals surface area contributed by atoms with Crippen LogP contribution in [0, 0.1) is 23.7 Å². The van der Waals surface area contributed by atoms with Crippen molar-refractivity contribution in [3.05, 3.63) is 28.8 Å². The van der Waals surface area contributed by atoms with Gasteiger partial charge >= 0.3 is 0 Å². The molecule has 2 nitrogen and oxygen atoms in total. The maximum absolute atomic E-state index is 8.90. The Bertz CT molecular complexity index is 419. The van der Waals surface area contributed by atoms with Crippen molar-refractivity contribution in [2.45, 2.75) is 33.6 Å². The summed E-state index contributed by atoms with van der Waals surface area (Å²) in [7, 11) is 0. The van der Waals surface area contributed by atoms with Gasteiger partial charge in [-0.25, -0.2) is 0 Å². The van der Waals surface area contributed by atoms with Gasteiger partial charge in [-0.3, -0.25) is 0 Å². The van der Waals surface area contributed by atoms with Gasteiger partial charge in [0.1, 0.15) is 0 Å². The summed E-state index contributed by atoms with van der Waals surface area (Å²) in [6, 6.07) is 8.24. The number of hydrogen-bond acceptors (Lipinski definition) is 2. The summed E-state index contributed by atoms with van der Waals surface area (Å²) in [5, 5.41) is 13.0. The molecule has 92 valence electrons. The van der Waals surface area contributed by atoms with Crippen molar-refractivity contribution < 1.29 is 0 Å². The third-order valence-electron chi connectivity index (χ3n) is 2.72. The van der Waals surface area contributed by atoms with E-state index in [4.69, 9.17) is 16.9 Å². The number of halogens is 1. The van der Waals surface area contributed by atoms with Crippen LogP contribution in [0.1, 0.15) is 32.3 Å². The Kier molecular flexibility index (Phi) is 4.84. The average Bonchev–Trinajstić information content (AvgIpc) is 2.29. The molecule has 0 spiro atoms. The van der Waals surface area contributed by atoms with Gasteiger partial charge in [0.2, 0.25) is 0 Å². The van der Waals surface area contributed by atoms with Crippen molar-refractivity contribution in [1.82, 2.24) is 0 Å². The van der Waals surface area contributed by atoms with E-state index in [0.29, 0.717) is 0 Å². The summed E-state index contributed by atoms with van der Waals surface area (Å²) in [6.45, 7) is 6.81. The second-order valence-corrected chi connectivity index (χ2v) is 5.42. The lowest BCUT2D eigenvalue weighted by Crippen LogP contribution is -2.11. The highest BCUT2D eigenvalue weighted by atomic mass is 35.5. The topological polar surface area (TPSA) is 35.8 Å². The molecule has 1 aromatic rings. The number of nitriles is 1. The molecule has 0 unspecified atom stereocenters. The number of rotatable bonds is 5. The number of benzene rings is 1. The van der Waals surface area contributed by atoms with Crippen molar-refractivity contribution >= 4 is 17.3 Å². The minimum atomic E-state index is -0.238. The third-order valence-corrected chi connectivity index (χ3v) is 3.05. The molecular formula is C14H19ClN2. The standard InChI is InChI=1S/C14H19ClN2/c1-11-5-6-12(15)13(9-11)17-8-4-7-14(2,3)10-16/h5-6,9,17H,4,7-8H2,1-3H3. The largest absolute Gasteiger partial charge is 0.384 e. The van der Waals surface area contributed by atoms with Crippen molar-refractivity contribution in [2.75, 3.05) is 11.9 Å². The molecule has 0 aromatic heterocycles. The van der Waals surface area contributed by atoms with E-state index in [1.165, 1.54) is 5.56 Å². The van der Waals surface area contributed by atoms with Crippen LogP contribution >= 0.6 is 11.6 Å². The van der Waals surface area contributed by atoms with Gasteiger partial charge in [0, 0.05) is 6.54 Å². The lowest BCUT2D eigenvalue weighted by molar-refractivity contribution is 0.441. The molecule has 1 aromatic carbocycles. The zero-order chi connectivity index (χ0) is 12.9. The number of hydrogen-bond donors (Lipinski definition) is 1. The van der Waals surface area contributed by atoms with Crippen LogP contribution in [0.15, 0.2) is 18.2 Å². The molecule has 0 radical (unpaired) electrons. The van der Waals surface area contributed by atoms with E-state index in [1.54, 1.807) is 0 Å². The van der Waals surface area contributed by atoms with E-state index in [1.807, 2.05) is 39.0 Å². The van der Waals surface area contributed by atoms with Gasteiger partial charge in [0.15, 0.2) is 0 Å². The third kappa shape index (κ3) is 4.66. The first-order valence-corrected chi connectivity index (χ1v) is 6.24. The lowest BCUT2D eigenvalue weighted by atomic mass is 9.90. The van der Waals surface area contributed by atoms with Crippen LogP contribution in [-0.4, -0.2) is 6.54 Å².